The molecule has 0 aliphatic rings. The van der Waals surface area contributed by atoms with Gasteiger partial charge >= 0.3 is 5.97 Å². The maximum absolute atomic E-state index is 11.8. The van der Waals surface area contributed by atoms with Crippen molar-refractivity contribution in [3.8, 4) is 0 Å². The van der Waals surface area contributed by atoms with Gasteiger partial charge in [0.2, 0.25) is 0 Å². The number of amides is 1. The van der Waals surface area contributed by atoms with E-state index in [0.29, 0.717) is 31.2 Å². The topological polar surface area (TPSA) is 75.6 Å². The molecule has 6 heteroatoms. The average Bonchev–Trinajstić information content (AvgIpc) is 2.84. The predicted molar refractivity (Wildman–Crippen MR) is 79.0 cm³/mol. The highest BCUT2D eigenvalue weighted by atomic mass is 32.1. The number of nitrogens with one attached hydrogen (secondary N) is 1. The van der Waals surface area contributed by atoms with Crippen LogP contribution in [0, 0.1) is 5.92 Å². The molecule has 1 aromatic rings. The van der Waals surface area contributed by atoms with Crippen LogP contribution in [0.15, 0.2) is 17.5 Å². The zero-order chi connectivity index (χ0) is 15.0. The minimum atomic E-state index is -1.01. The maximum Gasteiger partial charge on any atom is 0.328 e. The Bertz CT molecular complexity index is 479. The lowest BCUT2D eigenvalue weighted by molar-refractivity contribution is -0.131. The molecule has 0 fully saturated rings. The highest BCUT2D eigenvalue weighted by Gasteiger charge is 2.07. The molecule has 1 rings (SSSR count). The molecule has 0 aromatic carbocycles. The van der Waals surface area contributed by atoms with E-state index in [1.165, 1.54) is 17.4 Å². The van der Waals surface area contributed by atoms with Crippen LogP contribution in [0.2, 0.25) is 0 Å². The fourth-order valence-electron chi connectivity index (χ4n) is 1.37. The normalized spacial score (nSPS) is 11.2. The molecule has 20 heavy (non-hydrogen) atoms. The summed E-state index contributed by atoms with van der Waals surface area (Å²) in [5.74, 6) is -0.706. The van der Waals surface area contributed by atoms with Crippen LogP contribution in [-0.4, -0.2) is 36.7 Å². The molecule has 2 N–H and O–H groups in total. The quantitative estimate of drug-likeness (QED) is 0.570. The minimum Gasteiger partial charge on any atom is -0.478 e. The second-order valence-corrected chi connectivity index (χ2v) is 5.58. The number of carboxylic acids is 1. The molecule has 0 aliphatic heterocycles. The van der Waals surface area contributed by atoms with Crippen LogP contribution in [-0.2, 0) is 9.53 Å². The second kappa shape index (κ2) is 8.50. The molecule has 0 saturated carbocycles. The minimum absolute atomic E-state index is 0.177. The monoisotopic (exact) mass is 297 g/mol. The number of ether oxygens (including phenoxy) is 1. The fraction of sp³-hybridized carbons (Fsp3) is 0.429. The van der Waals surface area contributed by atoms with Crippen LogP contribution in [0.4, 0.5) is 0 Å². The first kappa shape index (κ1) is 16.4. The standard InChI is InChI=1S/C14H19NO4S/c1-10(2)8-19-6-5-15-14(18)11-7-12(20-9-11)3-4-13(16)17/h3-4,7,9-10H,5-6,8H2,1-2H3,(H,15,18)(H,16,17)/b4-3+. The lowest BCUT2D eigenvalue weighted by Crippen LogP contribution is -2.27. The van der Waals surface area contributed by atoms with E-state index in [9.17, 15) is 9.59 Å². The Morgan fingerprint density at radius 3 is 2.90 bits per heavy atom. The Kier molecular flexibility index (Phi) is 6.97. The van der Waals surface area contributed by atoms with E-state index in [1.807, 2.05) is 0 Å². The molecule has 0 bridgehead atoms. The third-order valence-electron chi connectivity index (χ3n) is 2.26. The van der Waals surface area contributed by atoms with Gasteiger partial charge in [-0.25, -0.2) is 4.79 Å². The van der Waals surface area contributed by atoms with Crippen LogP contribution in [0.5, 0.6) is 0 Å². The summed E-state index contributed by atoms with van der Waals surface area (Å²) in [6.45, 7) is 5.76. The number of carbonyl (C=O) groups is 2. The van der Waals surface area contributed by atoms with Crippen molar-refractivity contribution < 1.29 is 19.4 Å². The number of carbonyl (C=O) groups excluding carboxylic acids is 1. The number of aliphatic carboxylic acids is 1. The van der Waals surface area contributed by atoms with Gasteiger partial charge < -0.3 is 15.2 Å². The lowest BCUT2D eigenvalue weighted by Gasteiger charge is -2.07. The summed E-state index contributed by atoms with van der Waals surface area (Å²) < 4.78 is 5.36. The van der Waals surface area contributed by atoms with E-state index in [0.717, 1.165) is 11.0 Å². The van der Waals surface area contributed by atoms with Crippen molar-refractivity contribution in [3.05, 3.63) is 28.0 Å². The Hall–Kier alpha value is -1.66. The molecular weight excluding hydrogens is 278 g/mol. The molecule has 110 valence electrons. The molecule has 0 saturated heterocycles. The van der Waals surface area contributed by atoms with Crippen molar-refractivity contribution in [2.24, 2.45) is 5.92 Å². The lowest BCUT2D eigenvalue weighted by atomic mass is 10.2. The summed E-state index contributed by atoms with van der Waals surface area (Å²) in [6.07, 6.45) is 2.52. The van der Waals surface area contributed by atoms with Gasteiger partial charge in [-0.3, -0.25) is 4.79 Å². The third-order valence-corrected chi connectivity index (χ3v) is 3.15. The van der Waals surface area contributed by atoms with Gasteiger partial charge in [-0.05, 0) is 18.1 Å². The zero-order valence-corrected chi connectivity index (χ0v) is 12.4. The van der Waals surface area contributed by atoms with E-state index in [2.05, 4.69) is 19.2 Å². The molecule has 1 heterocycles. The van der Waals surface area contributed by atoms with Gasteiger partial charge in [0.15, 0.2) is 0 Å². The predicted octanol–water partition coefficient (Wildman–Crippen LogP) is 2.25. The molecular formula is C14H19NO4S. The summed E-state index contributed by atoms with van der Waals surface area (Å²) >= 11 is 1.33. The van der Waals surface area contributed by atoms with Gasteiger partial charge in [0.05, 0.1) is 12.2 Å². The highest BCUT2D eigenvalue weighted by molar-refractivity contribution is 7.11. The summed E-state index contributed by atoms with van der Waals surface area (Å²) in [6, 6.07) is 1.66. The maximum atomic E-state index is 11.8. The summed E-state index contributed by atoms with van der Waals surface area (Å²) in [5, 5.41) is 13.0. The van der Waals surface area contributed by atoms with Gasteiger partial charge in [0, 0.05) is 29.5 Å². The smallest absolute Gasteiger partial charge is 0.328 e. The molecule has 1 amide bonds. The Balaban J connectivity index is 2.35. The largest absolute Gasteiger partial charge is 0.478 e. The van der Waals surface area contributed by atoms with Crippen LogP contribution in [0.25, 0.3) is 6.08 Å². The number of hydrogen-bond donors (Lipinski definition) is 2. The van der Waals surface area contributed by atoms with E-state index >= 15 is 0 Å². The summed E-state index contributed by atoms with van der Waals surface area (Å²) in [7, 11) is 0. The van der Waals surface area contributed by atoms with E-state index < -0.39 is 5.97 Å². The van der Waals surface area contributed by atoms with E-state index in [4.69, 9.17) is 9.84 Å². The molecule has 5 nitrogen and oxygen atoms in total. The van der Waals surface area contributed by atoms with Crippen molar-refractivity contribution in [2.45, 2.75) is 13.8 Å². The van der Waals surface area contributed by atoms with E-state index in [-0.39, 0.29) is 5.91 Å². The first-order valence-corrected chi connectivity index (χ1v) is 7.22. The molecule has 0 atom stereocenters. The first-order valence-electron chi connectivity index (χ1n) is 6.34. The number of thiophene rings is 1. The van der Waals surface area contributed by atoms with Gasteiger partial charge in [-0.1, -0.05) is 13.8 Å². The molecule has 0 unspecified atom stereocenters. The van der Waals surface area contributed by atoms with Crippen molar-refractivity contribution in [3.63, 3.8) is 0 Å². The first-order chi connectivity index (χ1) is 9.49. The van der Waals surface area contributed by atoms with Crippen LogP contribution in [0.3, 0.4) is 0 Å². The summed E-state index contributed by atoms with van der Waals surface area (Å²) in [4.78, 5) is 22.9. The Labute approximate surface area is 122 Å². The van der Waals surface area contributed by atoms with Crippen molar-refractivity contribution >= 4 is 29.3 Å². The van der Waals surface area contributed by atoms with Crippen LogP contribution >= 0.6 is 11.3 Å². The average molecular weight is 297 g/mol. The van der Waals surface area contributed by atoms with Gasteiger partial charge in [0.1, 0.15) is 0 Å². The number of rotatable bonds is 8. The fourth-order valence-corrected chi connectivity index (χ4v) is 2.15. The zero-order valence-electron chi connectivity index (χ0n) is 11.6. The Morgan fingerprint density at radius 2 is 2.25 bits per heavy atom. The molecule has 1 aromatic heterocycles. The van der Waals surface area contributed by atoms with Gasteiger partial charge in [-0.15, -0.1) is 11.3 Å². The number of hydrogen-bond acceptors (Lipinski definition) is 4. The van der Waals surface area contributed by atoms with Crippen molar-refractivity contribution in [2.75, 3.05) is 19.8 Å². The molecule has 0 aliphatic carbocycles. The van der Waals surface area contributed by atoms with Crippen LogP contribution in [0.1, 0.15) is 29.1 Å². The van der Waals surface area contributed by atoms with Crippen molar-refractivity contribution in [1.29, 1.82) is 0 Å². The molecule has 0 radical (unpaired) electrons. The summed E-state index contributed by atoms with van der Waals surface area (Å²) in [5.41, 5.74) is 0.531. The second-order valence-electron chi connectivity index (χ2n) is 4.63. The van der Waals surface area contributed by atoms with Crippen molar-refractivity contribution in [1.82, 2.24) is 5.32 Å². The SMILES string of the molecule is CC(C)COCCNC(=O)c1csc(/C=C/C(=O)O)c1. The molecule has 0 spiro atoms. The van der Waals surface area contributed by atoms with E-state index in [1.54, 1.807) is 11.4 Å². The van der Waals surface area contributed by atoms with Crippen LogP contribution < -0.4 is 5.32 Å². The number of carboxylic acid groups (broad SMARTS) is 1. The third kappa shape index (κ3) is 6.49. The van der Waals surface area contributed by atoms with Gasteiger partial charge in [-0.2, -0.15) is 0 Å². The Morgan fingerprint density at radius 1 is 1.50 bits per heavy atom. The van der Waals surface area contributed by atoms with Gasteiger partial charge in [0.25, 0.3) is 5.91 Å². The highest BCUT2D eigenvalue weighted by Crippen LogP contribution is 2.16.